The normalized spacial score (nSPS) is 13.0. The van der Waals surface area contributed by atoms with Gasteiger partial charge in [-0.15, -0.1) is 0 Å². The summed E-state index contributed by atoms with van der Waals surface area (Å²) in [4.78, 5) is 16.8. The van der Waals surface area contributed by atoms with Crippen LogP contribution in [0.1, 0.15) is 11.4 Å². The summed E-state index contributed by atoms with van der Waals surface area (Å²) in [6.45, 7) is 0. The molecule has 1 aliphatic rings. The first-order chi connectivity index (χ1) is 10.7. The third-order valence-corrected chi connectivity index (χ3v) is 3.87. The standard InChI is InChI=1S/C16H11ClN4O/c17-11-7-5-10(6-8-11)13-9-15-19-20-16(22)21(15)14-4-2-1-3-12(14)18-13/h1-8H,9H2,(H,20,22). The molecule has 6 heteroatoms. The second-order valence-electron chi connectivity index (χ2n) is 5.01. The third-order valence-electron chi connectivity index (χ3n) is 3.62. The molecule has 0 saturated carbocycles. The van der Waals surface area contributed by atoms with Crippen molar-refractivity contribution >= 4 is 23.0 Å². The number of hydrogen-bond donors (Lipinski definition) is 1. The number of aromatic nitrogens is 3. The molecule has 22 heavy (non-hydrogen) atoms. The van der Waals surface area contributed by atoms with Crippen LogP contribution in [0.2, 0.25) is 5.02 Å². The van der Waals surface area contributed by atoms with Crippen molar-refractivity contribution < 1.29 is 0 Å². The summed E-state index contributed by atoms with van der Waals surface area (Å²) in [6, 6.07) is 15.0. The molecule has 0 atom stereocenters. The third kappa shape index (κ3) is 2.07. The minimum atomic E-state index is -0.255. The molecule has 0 radical (unpaired) electrons. The van der Waals surface area contributed by atoms with E-state index < -0.39 is 0 Å². The molecule has 108 valence electrons. The van der Waals surface area contributed by atoms with Crippen molar-refractivity contribution in [3.05, 3.63) is 75.4 Å². The number of para-hydroxylation sites is 2. The zero-order valence-electron chi connectivity index (χ0n) is 11.5. The molecular weight excluding hydrogens is 300 g/mol. The lowest BCUT2D eigenvalue weighted by Crippen LogP contribution is -2.17. The molecular formula is C16H11ClN4O. The van der Waals surface area contributed by atoms with Crippen LogP contribution in [0.15, 0.2) is 58.3 Å². The van der Waals surface area contributed by atoms with E-state index in [1.54, 1.807) is 4.57 Å². The Morgan fingerprint density at radius 3 is 2.68 bits per heavy atom. The lowest BCUT2D eigenvalue weighted by molar-refractivity contribution is 0.929. The molecule has 2 aromatic carbocycles. The van der Waals surface area contributed by atoms with Gasteiger partial charge < -0.3 is 0 Å². The van der Waals surface area contributed by atoms with Crippen LogP contribution in [-0.2, 0) is 6.42 Å². The van der Waals surface area contributed by atoms with Crippen LogP contribution in [0, 0.1) is 0 Å². The topological polar surface area (TPSA) is 63.0 Å². The Hall–Kier alpha value is -2.66. The Kier molecular flexibility index (Phi) is 2.94. The zero-order chi connectivity index (χ0) is 15.1. The molecule has 1 aromatic heterocycles. The largest absolute Gasteiger partial charge is 0.348 e. The molecule has 0 unspecified atom stereocenters. The molecule has 4 rings (SSSR count). The maximum Gasteiger partial charge on any atom is 0.348 e. The summed E-state index contributed by atoms with van der Waals surface area (Å²) >= 11 is 5.95. The Morgan fingerprint density at radius 2 is 1.86 bits per heavy atom. The molecule has 0 amide bonds. The predicted molar refractivity (Wildman–Crippen MR) is 85.5 cm³/mol. The van der Waals surface area contributed by atoms with Crippen molar-refractivity contribution in [2.75, 3.05) is 0 Å². The number of nitrogens with zero attached hydrogens (tertiary/aromatic N) is 3. The summed E-state index contributed by atoms with van der Waals surface area (Å²) in [5, 5.41) is 7.31. The highest BCUT2D eigenvalue weighted by atomic mass is 35.5. The Morgan fingerprint density at radius 1 is 1.09 bits per heavy atom. The molecule has 0 saturated heterocycles. The Bertz CT molecular complexity index is 937. The van der Waals surface area contributed by atoms with E-state index in [2.05, 4.69) is 10.2 Å². The number of H-pyrrole nitrogens is 1. The first-order valence-corrected chi connectivity index (χ1v) is 7.19. The molecule has 0 spiro atoms. The smallest absolute Gasteiger partial charge is 0.250 e. The van der Waals surface area contributed by atoms with Crippen LogP contribution in [0.5, 0.6) is 0 Å². The van der Waals surface area contributed by atoms with Crippen LogP contribution in [0.25, 0.3) is 5.69 Å². The van der Waals surface area contributed by atoms with Crippen molar-refractivity contribution in [3.8, 4) is 5.69 Å². The van der Waals surface area contributed by atoms with E-state index in [1.807, 2.05) is 48.5 Å². The van der Waals surface area contributed by atoms with E-state index in [0.29, 0.717) is 17.3 Å². The number of halogens is 1. The van der Waals surface area contributed by atoms with Gasteiger partial charge in [0.1, 0.15) is 5.82 Å². The fraction of sp³-hybridized carbons (Fsp3) is 0.0625. The molecule has 3 aromatic rings. The van der Waals surface area contributed by atoms with Crippen molar-refractivity contribution in [1.29, 1.82) is 0 Å². The van der Waals surface area contributed by atoms with Crippen LogP contribution in [0.3, 0.4) is 0 Å². The van der Waals surface area contributed by atoms with Gasteiger partial charge in [0, 0.05) is 5.02 Å². The highest BCUT2D eigenvalue weighted by Crippen LogP contribution is 2.27. The lowest BCUT2D eigenvalue weighted by Gasteiger charge is -2.04. The SMILES string of the molecule is O=c1[nH]nc2n1-c1ccccc1N=C(c1ccc(Cl)cc1)C2. The van der Waals surface area contributed by atoms with Crippen molar-refractivity contribution in [3.63, 3.8) is 0 Å². The van der Waals surface area contributed by atoms with E-state index in [9.17, 15) is 4.79 Å². The average Bonchev–Trinajstić information content (AvgIpc) is 2.80. The van der Waals surface area contributed by atoms with Gasteiger partial charge >= 0.3 is 5.69 Å². The summed E-state index contributed by atoms with van der Waals surface area (Å²) in [5.41, 5.74) is 3.04. The molecule has 2 heterocycles. The molecule has 1 N–H and O–H groups in total. The zero-order valence-corrected chi connectivity index (χ0v) is 12.2. The second-order valence-corrected chi connectivity index (χ2v) is 5.45. The average molecular weight is 311 g/mol. The van der Waals surface area contributed by atoms with Gasteiger partial charge in [-0.05, 0) is 29.8 Å². The maximum absolute atomic E-state index is 12.0. The number of aliphatic imine (C=N–C) groups is 1. The maximum atomic E-state index is 12.0. The van der Waals surface area contributed by atoms with E-state index >= 15 is 0 Å². The number of nitrogens with one attached hydrogen (secondary N) is 1. The van der Waals surface area contributed by atoms with Crippen LogP contribution >= 0.6 is 11.6 Å². The summed E-state index contributed by atoms with van der Waals surface area (Å²) < 4.78 is 1.57. The van der Waals surface area contributed by atoms with Gasteiger partial charge in [-0.25, -0.2) is 14.5 Å². The summed E-state index contributed by atoms with van der Waals surface area (Å²) in [7, 11) is 0. The van der Waals surface area contributed by atoms with Gasteiger partial charge in [0.15, 0.2) is 0 Å². The second kappa shape index (κ2) is 4.96. The number of rotatable bonds is 1. The van der Waals surface area contributed by atoms with Crippen molar-refractivity contribution in [2.24, 2.45) is 4.99 Å². The van der Waals surface area contributed by atoms with Crippen molar-refractivity contribution in [1.82, 2.24) is 14.8 Å². The monoisotopic (exact) mass is 310 g/mol. The summed E-state index contributed by atoms with van der Waals surface area (Å²) in [5.74, 6) is 0.642. The van der Waals surface area contributed by atoms with E-state index in [1.165, 1.54) is 0 Å². The minimum absolute atomic E-state index is 0.255. The van der Waals surface area contributed by atoms with Gasteiger partial charge in [-0.2, -0.15) is 5.10 Å². The van der Waals surface area contributed by atoms with E-state index in [0.717, 1.165) is 22.6 Å². The Labute approximate surface area is 130 Å². The first kappa shape index (κ1) is 13.0. The highest BCUT2D eigenvalue weighted by molar-refractivity contribution is 6.30. The van der Waals surface area contributed by atoms with Gasteiger partial charge in [0.2, 0.25) is 0 Å². The number of fused-ring (bicyclic) bond motifs is 3. The van der Waals surface area contributed by atoms with E-state index in [4.69, 9.17) is 16.6 Å². The molecule has 1 aliphatic heterocycles. The summed E-state index contributed by atoms with van der Waals surface area (Å²) in [6.07, 6.45) is 0.467. The minimum Gasteiger partial charge on any atom is -0.250 e. The molecule has 0 fully saturated rings. The molecule has 5 nitrogen and oxygen atoms in total. The number of aromatic amines is 1. The predicted octanol–water partition coefficient (Wildman–Crippen LogP) is 2.89. The van der Waals surface area contributed by atoms with Gasteiger partial charge in [0.05, 0.1) is 23.5 Å². The number of benzene rings is 2. The van der Waals surface area contributed by atoms with Crippen molar-refractivity contribution in [2.45, 2.75) is 6.42 Å². The lowest BCUT2D eigenvalue weighted by atomic mass is 10.1. The number of hydrogen-bond acceptors (Lipinski definition) is 3. The fourth-order valence-electron chi connectivity index (χ4n) is 2.59. The van der Waals surface area contributed by atoms with Crippen LogP contribution in [-0.4, -0.2) is 20.5 Å². The fourth-order valence-corrected chi connectivity index (χ4v) is 2.71. The highest BCUT2D eigenvalue weighted by Gasteiger charge is 2.20. The molecule has 0 aliphatic carbocycles. The first-order valence-electron chi connectivity index (χ1n) is 6.81. The van der Waals surface area contributed by atoms with Gasteiger partial charge in [-0.3, -0.25) is 4.99 Å². The van der Waals surface area contributed by atoms with Gasteiger partial charge in [-0.1, -0.05) is 35.9 Å². The molecule has 0 bridgehead atoms. The van der Waals surface area contributed by atoms with Gasteiger partial charge in [0.25, 0.3) is 0 Å². The van der Waals surface area contributed by atoms with Crippen LogP contribution in [0.4, 0.5) is 5.69 Å². The quantitative estimate of drug-likeness (QED) is 0.751. The van der Waals surface area contributed by atoms with E-state index in [-0.39, 0.29) is 5.69 Å². The Balaban J connectivity index is 1.95. The van der Waals surface area contributed by atoms with Crippen LogP contribution < -0.4 is 5.69 Å².